The molecule has 2 N–H and O–H groups in total. The van der Waals surface area contributed by atoms with Crippen LogP contribution in [0.25, 0.3) is 11.0 Å². The number of benzene rings is 2. The Bertz CT molecular complexity index is 881. The van der Waals surface area contributed by atoms with Gasteiger partial charge in [-0.05, 0) is 24.3 Å². The first-order chi connectivity index (χ1) is 10.7. The van der Waals surface area contributed by atoms with Crippen LogP contribution in [0.4, 0.5) is 5.69 Å². The minimum Gasteiger partial charge on any atom is -0.358 e. The van der Waals surface area contributed by atoms with E-state index in [1.807, 2.05) is 30.3 Å². The molecule has 0 radical (unpaired) electrons. The second kappa shape index (κ2) is 4.78. The van der Waals surface area contributed by atoms with Crippen molar-refractivity contribution in [2.45, 2.75) is 6.17 Å². The van der Waals surface area contributed by atoms with Gasteiger partial charge in [0.05, 0.1) is 22.8 Å². The van der Waals surface area contributed by atoms with E-state index in [0.717, 1.165) is 5.52 Å². The third-order valence-corrected chi connectivity index (χ3v) is 3.65. The van der Waals surface area contributed by atoms with Gasteiger partial charge in [0.2, 0.25) is 0 Å². The lowest BCUT2D eigenvalue weighted by Crippen LogP contribution is -2.41. The van der Waals surface area contributed by atoms with Crippen molar-refractivity contribution in [2.24, 2.45) is 0 Å². The molecule has 0 bridgehead atoms. The van der Waals surface area contributed by atoms with Crippen LogP contribution in [-0.4, -0.2) is 26.1 Å². The fourth-order valence-electron chi connectivity index (χ4n) is 2.55. The second-order valence-corrected chi connectivity index (χ2v) is 5.03. The zero-order chi connectivity index (χ0) is 15.1. The Kier molecular flexibility index (Phi) is 2.77. The molecule has 0 aliphatic carbocycles. The first-order valence-electron chi connectivity index (χ1n) is 6.84. The zero-order valence-corrected chi connectivity index (χ0v) is 11.5. The summed E-state index contributed by atoms with van der Waals surface area (Å²) in [6.45, 7) is 0. The second-order valence-electron chi connectivity index (χ2n) is 5.03. The van der Waals surface area contributed by atoms with Crippen molar-refractivity contribution in [1.29, 1.82) is 0 Å². The normalized spacial score (nSPS) is 17.2. The average Bonchev–Trinajstić information content (AvgIpc) is 2.58. The van der Waals surface area contributed by atoms with E-state index in [1.165, 1.54) is 0 Å². The van der Waals surface area contributed by atoms with E-state index in [9.17, 15) is 10.0 Å². The number of carbonyl (C=O) groups excluding carboxylic acids is 1. The summed E-state index contributed by atoms with van der Waals surface area (Å²) in [5, 5.41) is 13.9. The van der Waals surface area contributed by atoms with Gasteiger partial charge in [0, 0.05) is 5.69 Å². The van der Waals surface area contributed by atoms with Crippen molar-refractivity contribution < 1.29 is 10.0 Å². The average molecular weight is 292 g/mol. The summed E-state index contributed by atoms with van der Waals surface area (Å²) < 4.78 is 0. The summed E-state index contributed by atoms with van der Waals surface area (Å²) in [6, 6.07) is 14.5. The molecule has 0 spiro atoms. The van der Waals surface area contributed by atoms with Gasteiger partial charge in [0.15, 0.2) is 6.17 Å². The predicted molar refractivity (Wildman–Crippen MR) is 80.3 cm³/mol. The standard InChI is InChI=1S/C16H12N4O2/c21-16-10-5-1-2-6-11(10)19-15(20(16)22)14-9-17-12-7-3-4-8-13(12)18-14/h1-9,15,19,22H/t15-/m1/s1. The Morgan fingerprint density at radius 3 is 2.64 bits per heavy atom. The molecule has 4 rings (SSSR count). The summed E-state index contributed by atoms with van der Waals surface area (Å²) in [4.78, 5) is 21.0. The number of rotatable bonds is 1. The van der Waals surface area contributed by atoms with Crippen LogP contribution in [0.2, 0.25) is 0 Å². The van der Waals surface area contributed by atoms with Crippen molar-refractivity contribution in [2.75, 3.05) is 5.32 Å². The molecule has 2 heterocycles. The van der Waals surface area contributed by atoms with Crippen molar-refractivity contribution >= 4 is 22.6 Å². The first kappa shape index (κ1) is 12.7. The van der Waals surface area contributed by atoms with Gasteiger partial charge in [-0.15, -0.1) is 0 Å². The van der Waals surface area contributed by atoms with Gasteiger partial charge in [0.1, 0.15) is 5.69 Å². The number of hydrogen-bond acceptors (Lipinski definition) is 5. The van der Waals surface area contributed by atoms with E-state index in [0.29, 0.717) is 27.5 Å². The van der Waals surface area contributed by atoms with E-state index < -0.39 is 12.1 Å². The molecule has 0 saturated carbocycles. The highest BCUT2D eigenvalue weighted by atomic mass is 16.5. The molecule has 2 aromatic carbocycles. The molecule has 6 heteroatoms. The number of aromatic nitrogens is 2. The number of amides is 1. The molecule has 1 amide bonds. The van der Waals surface area contributed by atoms with Gasteiger partial charge in [-0.1, -0.05) is 24.3 Å². The van der Waals surface area contributed by atoms with Crippen LogP contribution in [0, 0.1) is 0 Å². The quantitative estimate of drug-likeness (QED) is 0.674. The molecule has 1 aliphatic rings. The number of hydroxylamine groups is 2. The summed E-state index contributed by atoms with van der Waals surface area (Å²) in [7, 11) is 0. The SMILES string of the molecule is O=C1c2ccccc2N[C@@H](c2cnc3ccccc3n2)N1O. The van der Waals surface area contributed by atoms with Crippen LogP contribution < -0.4 is 5.32 Å². The van der Waals surface area contributed by atoms with Gasteiger partial charge in [0.25, 0.3) is 5.91 Å². The summed E-state index contributed by atoms with van der Waals surface area (Å²) in [6.07, 6.45) is 0.796. The number of anilines is 1. The molecule has 0 fully saturated rings. The fraction of sp³-hybridized carbons (Fsp3) is 0.0625. The third kappa shape index (κ3) is 1.89. The molecular weight excluding hydrogens is 280 g/mol. The van der Waals surface area contributed by atoms with Crippen LogP contribution in [-0.2, 0) is 0 Å². The number of nitrogens with one attached hydrogen (secondary N) is 1. The minimum atomic E-state index is -0.764. The van der Waals surface area contributed by atoms with Gasteiger partial charge < -0.3 is 5.32 Å². The van der Waals surface area contributed by atoms with Crippen LogP contribution >= 0.6 is 0 Å². The van der Waals surface area contributed by atoms with E-state index in [1.54, 1.807) is 24.4 Å². The molecule has 1 aliphatic heterocycles. The maximum atomic E-state index is 12.3. The number of nitrogens with zero attached hydrogens (tertiary/aromatic N) is 3. The van der Waals surface area contributed by atoms with E-state index in [-0.39, 0.29) is 0 Å². The Morgan fingerprint density at radius 2 is 1.77 bits per heavy atom. The smallest absolute Gasteiger partial charge is 0.281 e. The highest BCUT2D eigenvalue weighted by Gasteiger charge is 2.33. The molecule has 6 nitrogen and oxygen atoms in total. The van der Waals surface area contributed by atoms with Gasteiger partial charge in [-0.2, -0.15) is 5.06 Å². The largest absolute Gasteiger partial charge is 0.358 e. The topological polar surface area (TPSA) is 78.4 Å². The van der Waals surface area contributed by atoms with E-state index in [2.05, 4.69) is 15.3 Å². The van der Waals surface area contributed by atoms with Crippen LogP contribution in [0.1, 0.15) is 22.2 Å². The summed E-state index contributed by atoms with van der Waals surface area (Å²) >= 11 is 0. The molecule has 0 unspecified atom stereocenters. The summed E-state index contributed by atoms with van der Waals surface area (Å²) in [5.74, 6) is -0.464. The Hall–Kier alpha value is -2.99. The molecular formula is C16H12N4O2. The lowest BCUT2D eigenvalue weighted by Gasteiger charge is -2.32. The Morgan fingerprint density at radius 1 is 1.05 bits per heavy atom. The molecule has 1 atom stereocenters. The van der Waals surface area contributed by atoms with Crippen LogP contribution in [0.3, 0.4) is 0 Å². The fourth-order valence-corrected chi connectivity index (χ4v) is 2.55. The van der Waals surface area contributed by atoms with E-state index in [4.69, 9.17) is 0 Å². The molecule has 108 valence electrons. The van der Waals surface area contributed by atoms with Gasteiger partial charge >= 0.3 is 0 Å². The van der Waals surface area contributed by atoms with Crippen LogP contribution in [0.5, 0.6) is 0 Å². The number of para-hydroxylation sites is 3. The lowest BCUT2D eigenvalue weighted by molar-refractivity contribution is -0.0860. The maximum absolute atomic E-state index is 12.3. The zero-order valence-electron chi connectivity index (χ0n) is 11.5. The van der Waals surface area contributed by atoms with Gasteiger partial charge in [-0.3, -0.25) is 15.0 Å². The van der Waals surface area contributed by atoms with Crippen molar-refractivity contribution in [3.8, 4) is 0 Å². The number of fused-ring (bicyclic) bond motifs is 2. The Balaban J connectivity index is 1.80. The van der Waals surface area contributed by atoms with Crippen molar-refractivity contribution in [3.63, 3.8) is 0 Å². The minimum absolute atomic E-state index is 0.426. The molecule has 22 heavy (non-hydrogen) atoms. The number of carbonyl (C=O) groups is 1. The predicted octanol–water partition coefficient (Wildman–Crippen LogP) is 2.59. The Labute approximate surface area is 126 Å². The first-order valence-corrected chi connectivity index (χ1v) is 6.84. The van der Waals surface area contributed by atoms with Gasteiger partial charge in [-0.25, -0.2) is 4.98 Å². The van der Waals surface area contributed by atoms with E-state index >= 15 is 0 Å². The maximum Gasteiger partial charge on any atom is 0.281 e. The third-order valence-electron chi connectivity index (χ3n) is 3.65. The lowest BCUT2D eigenvalue weighted by atomic mass is 10.1. The summed E-state index contributed by atoms with van der Waals surface area (Å²) in [5.41, 5.74) is 3.04. The van der Waals surface area contributed by atoms with Crippen molar-refractivity contribution in [1.82, 2.24) is 15.0 Å². The number of hydrogen-bond donors (Lipinski definition) is 2. The highest BCUT2D eigenvalue weighted by Crippen LogP contribution is 2.31. The van der Waals surface area contributed by atoms with Crippen LogP contribution in [0.15, 0.2) is 54.7 Å². The van der Waals surface area contributed by atoms with Crippen molar-refractivity contribution in [3.05, 3.63) is 66.0 Å². The molecule has 3 aromatic rings. The monoisotopic (exact) mass is 292 g/mol. The highest BCUT2D eigenvalue weighted by molar-refractivity contribution is 6.00. The molecule has 0 saturated heterocycles. The molecule has 1 aromatic heterocycles.